The zero-order chi connectivity index (χ0) is 21.9. The zero-order valence-corrected chi connectivity index (χ0v) is 16.2. The van der Waals surface area contributed by atoms with Crippen LogP contribution in [0.15, 0.2) is 42.5 Å². The number of carbonyl (C=O) groups is 2. The van der Waals surface area contributed by atoms with Crippen molar-refractivity contribution in [1.29, 1.82) is 0 Å². The van der Waals surface area contributed by atoms with E-state index in [0.29, 0.717) is 17.2 Å². The summed E-state index contributed by atoms with van der Waals surface area (Å²) in [5.41, 5.74) is -0.775. The second-order valence-electron chi connectivity index (χ2n) is 6.74. The van der Waals surface area contributed by atoms with Crippen LogP contribution in [0.4, 0.5) is 24.5 Å². The molecule has 1 aliphatic heterocycles. The lowest BCUT2D eigenvalue weighted by Crippen LogP contribution is -2.43. The Morgan fingerprint density at radius 2 is 1.80 bits per heavy atom. The number of nitrogens with zero attached hydrogens (tertiary/aromatic N) is 1. The fourth-order valence-electron chi connectivity index (χ4n) is 2.81. The number of alkyl halides is 3. The Morgan fingerprint density at radius 1 is 1.10 bits per heavy atom. The molecule has 0 spiro atoms. The summed E-state index contributed by atoms with van der Waals surface area (Å²) < 4.78 is 49.6. The third kappa shape index (κ3) is 5.01. The molecule has 1 heterocycles. The summed E-state index contributed by atoms with van der Waals surface area (Å²) in [6.45, 7) is 1.42. The third-order valence-corrected chi connectivity index (χ3v) is 4.58. The minimum atomic E-state index is -4.59. The van der Waals surface area contributed by atoms with Crippen LogP contribution in [0.2, 0.25) is 0 Å². The maximum absolute atomic E-state index is 13.1. The van der Waals surface area contributed by atoms with Gasteiger partial charge >= 0.3 is 6.18 Å². The molecule has 2 amide bonds. The van der Waals surface area contributed by atoms with Gasteiger partial charge in [0.05, 0.1) is 23.8 Å². The first kappa shape index (κ1) is 21.4. The number of halogens is 3. The minimum absolute atomic E-state index is 0.110. The highest BCUT2D eigenvalue weighted by atomic mass is 19.4. The van der Waals surface area contributed by atoms with E-state index in [1.165, 1.54) is 30.1 Å². The molecule has 0 saturated heterocycles. The van der Waals surface area contributed by atoms with E-state index in [1.807, 2.05) is 0 Å². The van der Waals surface area contributed by atoms with Crippen molar-refractivity contribution in [3.05, 3.63) is 48.0 Å². The van der Waals surface area contributed by atoms with Crippen LogP contribution < -0.4 is 20.1 Å². The van der Waals surface area contributed by atoms with Crippen LogP contribution in [0, 0.1) is 0 Å². The summed E-state index contributed by atoms with van der Waals surface area (Å²) in [5, 5.41) is 4.96. The van der Waals surface area contributed by atoms with Crippen LogP contribution >= 0.6 is 0 Å². The maximum atomic E-state index is 13.1. The average molecular weight is 423 g/mol. The number of fused-ring (bicyclic) bond motifs is 1. The van der Waals surface area contributed by atoms with E-state index in [2.05, 4.69) is 10.6 Å². The Labute approximate surface area is 170 Å². The monoisotopic (exact) mass is 423 g/mol. The summed E-state index contributed by atoms with van der Waals surface area (Å²) in [6.07, 6.45) is -4.59. The fourth-order valence-corrected chi connectivity index (χ4v) is 2.81. The number of benzene rings is 2. The van der Waals surface area contributed by atoms with Crippen LogP contribution in [0.3, 0.4) is 0 Å². The van der Waals surface area contributed by atoms with E-state index >= 15 is 0 Å². The number of likely N-dealkylation sites (N-methyl/N-ethyl adjacent to an activating group) is 1. The summed E-state index contributed by atoms with van der Waals surface area (Å²) in [5.74, 6) is 0.0299. The third-order valence-electron chi connectivity index (χ3n) is 4.58. The van der Waals surface area contributed by atoms with Gasteiger partial charge in [0, 0.05) is 11.8 Å². The topological polar surface area (TPSA) is 79.9 Å². The Kier molecular flexibility index (Phi) is 6.16. The number of rotatable bonds is 6. The number of carbonyl (C=O) groups excluding carboxylic acids is 2. The molecular formula is C20H20F3N3O4. The lowest BCUT2D eigenvalue weighted by atomic mass is 10.1. The number of para-hydroxylation sites is 1. The molecular weight excluding hydrogens is 403 g/mol. The maximum Gasteiger partial charge on any atom is 0.418 e. The second kappa shape index (κ2) is 8.62. The van der Waals surface area contributed by atoms with Crippen molar-refractivity contribution in [3.63, 3.8) is 0 Å². The van der Waals surface area contributed by atoms with Crippen molar-refractivity contribution in [3.8, 4) is 11.5 Å². The van der Waals surface area contributed by atoms with E-state index in [1.54, 1.807) is 25.1 Å². The Hall–Kier alpha value is -3.27. The van der Waals surface area contributed by atoms with Gasteiger partial charge in [0.1, 0.15) is 0 Å². The van der Waals surface area contributed by atoms with E-state index in [-0.39, 0.29) is 24.9 Å². The van der Waals surface area contributed by atoms with Crippen molar-refractivity contribution >= 4 is 23.2 Å². The van der Waals surface area contributed by atoms with E-state index in [0.717, 1.165) is 6.07 Å². The Balaban J connectivity index is 1.58. The van der Waals surface area contributed by atoms with Crippen molar-refractivity contribution < 1.29 is 32.2 Å². The molecule has 3 rings (SSSR count). The number of hydrogen-bond acceptors (Lipinski definition) is 5. The predicted molar refractivity (Wildman–Crippen MR) is 103 cm³/mol. The molecule has 2 aromatic rings. The fraction of sp³-hybridized carbons (Fsp3) is 0.300. The molecule has 160 valence electrons. The predicted octanol–water partition coefficient (Wildman–Crippen LogP) is 3.33. The lowest BCUT2D eigenvalue weighted by Gasteiger charge is -2.23. The summed E-state index contributed by atoms with van der Waals surface area (Å²) in [4.78, 5) is 26.1. The van der Waals surface area contributed by atoms with Gasteiger partial charge in [0.25, 0.3) is 0 Å². The van der Waals surface area contributed by atoms with Crippen molar-refractivity contribution in [2.75, 3.05) is 31.0 Å². The van der Waals surface area contributed by atoms with Gasteiger partial charge in [-0.25, -0.2) is 0 Å². The molecule has 1 atom stereocenters. The highest BCUT2D eigenvalue weighted by molar-refractivity contribution is 5.96. The molecule has 2 N–H and O–H groups in total. The number of amides is 2. The smallest absolute Gasteiger partial charge is 0.418 e. The molecule has 0 aliphatic carbocycles. The molecule has 0 bridgehead atoms. The molecule has 2 aromatic carbocycles. The molecule has 0 saturated carbocycles. The SMILES string of the molecule is C[C@H](C(=O)Nc1ccc2c(c1)OCO2)N(C)CC(=O)Nc1ccccc1C(F)(F)F. The summed E-state index contributed by atoms with van der Waals surface area (Å²) >= 11 is 0. The van der Waals surface area contributed by atoms with Crippen molar-refractivity contribution in [2.45, 2.75) is 19.1 Å². The number of nitrogens with one attached hydrogen (secondary N) is 2. The van der Waals surface area contributed by atoms with E-state index in [9.17, 15) is 22.8 Å². The molecule has 1 aliphatic rings. The average Bonchev–Trinajstić information content (AvgIpc) is 3.14. The van der Waals surface area contributed by atoms with Gasteiger partial charge < -0.3 is 20.1 Å². The second-order valence-corrected chi connectivity index (χ2v) is 6.74. The highest BCUT2D eigenvalue weighted by Crippen LogP contribution is 2.35. The van der Waals surface area contributed by atoms with Crippen LogP contribution in [0.1, 0.15) is 12.5 Å². The molecule has 7 nitrogen and oxygen atoms in total. The quantitative estimate of drug-likeness (QED) is 0.745. The molecule has 0 aromatic heterocycles. The highest BCUT2D eigenvalue weighted by Gasteiger charge is 2.33. The zero-order valence-electron chi connectivity index (χ0n) is 16.2. The number of ether oxygens (including phenoxy) is 2. The first-order valence-corrected chi connectivity index (χ1v) is 9.02. The summed E-state index contributed by atoms with van der Waals surface area (Å²) in [6, 6.07) is 8.92. The first-order valence-electron chi connectivity index (χ1n) is 9.02. The van der Waals surface area contributed by atoms with Gasteiger partial charge in [-0.05, 0) is 38.2 Å². The van der Waals surface area contributed by atoms with Crippen LogP contribution in [0.25, 0.3) is 0 Å². The van der Waals surface area contributed by atoms with Gasteiger partial charge in [-0.1, -0.05) is 12.1 Å². The largest absolute Gasteiger partial charge is 0.454 e. The van der Waals surface area contributed by atoms with Gasteiger partial charge in [0.15, 0.2) is 11.5 Å². The van der Waals surface area contributed by atoms with Gasteiger partial charge in [-0.3, -0.25) is 14.5 Å². The summed E-state index contributed by atoms with van der Waals surface area (Å²) in [7, 11) is 1.53. The van der Waals surface area contributed by atoms with E-state index < -0.39 is 23.7 Å². The van der Waals surface area contributed by atoms with Crippen LogP contribution in [0.5, 0.6) is 11.5 Å². The van der Waals surface area contributed by atoms with Gasteiger partial charge in [-0.15, -0.1) is 0 Å². The molecule has 0 radical (unpaired) electrons. The Morgan fingerprint density at radius 3 is 2.53 bits per heavy atom. The number of anilines is 2. The van der Waals surface area contributed by atoms with Crippen LogP contribution in [-0.4, -0.2) is 43.1 Å². The Bertz CT molecular complexity index is 949. The normalized spacial score (nSPS) is 13.8. The van der Waals surface area contributed by atoms with Gasteiger partial charge in [-0.2, -0.15) is 13.2 Å². The van der Waals surface area contributed by atoms with Crippen molar-refractivity contribution in [2.24, 2.45) is 0 Å². The van der Waals surface area contributed by atoms with Crippen molar-refractivity contribution in [1.82, 2.24) is 4.90 Å². The molecule has 10 heteroatoms. The molecule has 0 fully saturated rings. The molecule has 0 unspecified atom stereocenters. The lowest BCUT2D eigenvalue weighted by molar-refractivity contribution is -0.137. The number of hydrogen-bond donors (Lipinski definition) is 2. The van der Waals surface area contributed by atoms with Gasteiger partial charge in [0.2, 0.25) is 18.6 Å². The molecule has 30 heavy (non-hydrogen) atoms. The van der Waals surface area contributed by atoms with E-state index in [4.69, 9.17) is 9.47 Å². The van der Waals surface area contributed by atoms with Crippen LogP contribution in [-0.2, 0) is 15.8 Å². The minimum Gasteiger partial charge on any atom is -0.454 e. The first-order chi connectivity index (χ1) is 14.1. The standard InChI is InChI=1S/C20H20F3N3O4/c1-12(19(28)24-13-7-8-16-17(9-13)30-11-29-16)26(2)10-18(27)25-15-6-4-3-5-14(15)20(21,22)23/h3-9,12H,10-11H2,1-2H3,(H,24,28)(H,25,27)/t12-/m1/s1.